The molecule has 25 heavy (non-hydrogen) atoms. The molecule has 0 fully saturated rings. The van der Waals surface area contributed by atoms with Crippen LogP contribution in [-0.4, -0.2) is 47.0 Å². The average Bonchev–Trinajstić information content (AvgIpc) is 2.65. The van der Waals surface area contributed by atoms with Gasteiger partial charge in [-0.15, -0.1) is 0 Å². The number of carbonyl (C=O) groups is 2. The Bertz CT molecular complexity index is 742. The largest absolute Gasteiger partial charge is 0.445 e. The van der Waals surface area contributed by atoms with Crippen molar-refractivity contribution in [1.29, 1.82) is 0 Å². The summed E-state index contributed by atoms with van der Waals surface area (Å²) in [4.78, 5) is 35.2. The molecule has 0 spiro atoms. The number of likely N-dealkylation sites (N-methyl/N-ethyl adjacent to an activating group) is 2. The fourth-order valence-corrected chi connectivity index (χ4v) is 2.30. The number of carbonyl (C=O) groups excluding carboxylic acids is 2. The molecule has 2 amide bonds. The number of hydrogen-bond acceptors (Lipinski definition) is 5. The highest BCUT2D eigenvalue weighted by Crippen LogP contribution is 2.19. The standard InChI is InChI=1S/C17H19ClN4O3/c1-12(16(23)22(3)15-14(18)19-9-10-20-15)21(2)17(24)25-11-13-7-5-4-6-8-13/h4-10,12H,11H2,1-3H3/t12-/m0/s1. The summed E-state index contributed by atoms with van der Waals surface area (Å²) in [7, 11) is 3.03. The second kappa shape index (κ2) is 8.43. The molecule has 0 N–H and O–H groups in total. The van der Waals surface area contributed by atoms with Crippen molar-refractivity contribution in [2.24, 2.45) is 0 Å². The van der Waals surface area contributed by atoms with Crippen LogP contribution in [0.15, 0.2) is 42.7 Å². The first kappa shape index (κ1) is 18.7. The van der Waals surface area contributed by atoms with E-state index in [1.54, 1.807) is 6.92 Å². The van der Waals surface area contributed by atoms with Crippen LogP contribution in [0.3, 0.4) is 0 Å². The first-order chi connectivity index (χ1) is 11.9. The highest BCUT2D eigenvalue weighted by atomic mass is 35.5. The third-order valence-electron chi connectivity index (χ3n) is 3.72. The van der Waals surface area contributed by atoms with Crippen molar-refractivity contribution in [3.05, 3.63) is 53.4 Å². The molecule has 1 heterocycles. The molecule has 1 aromatic heterocycles. The summed E-state index contributed by atoms with van der Waals surface area (Å²) < 4.78 is 5.23. The number of halogens is 1. The molecule has 1 aromatic carbocycles. The maximum atomic E-state index is 12.6. The fourth-order valence-electron chi connectivity index (χ4n) is 2.07. The molecule has 0 aliphatic heterocycles. The number of nitrogens with zero attached hydrogens (tertiary/aromatic N) is 4. The Morgan fingerprint density at radius 1 is 1.16 bits per heavy atom. The molecule has 0 saturated carbocycles. The molecule has 0 bridgehead atoms. The van der Waals surface area contributed by atoms with E-state index in [0.29, 0.717) is 0 Å². The number of rotatable bonds is 5. The molecule has 8 heteroatoms. The number of hydrogen-bond donors (Lipinski definition) is 0. The van der Waals surface area contributed by atoms with Crippen LogP contribution in [0.4, 0.5) is 10.6 Å². The Morgan fingerprint density at radius 2 is 1.80 bits per heavy atom. The molecule has 1 atom stereocenters. The lowest BCUT2D eigenvalue weighted by Crippen LogP contribution is -2.47. The van der Waals surface area contributed by atoms with Crippen LogP contribution in [0, 0.1) is 0 Å². The van der Waals surface area contributed by atoms with Crippen molar-refractivity contribution in [1.82, 2.24) is 14.9 Å². The van der Waals surface area contributed by atoms with E-state index in [4.69, 9.17) is 16.3 Å². The molecule has 0 unspecified atom stereocenters. The monoisotopic (exact) mass is 362 g/mol. The van der Waals surface area contributed by atoms with Crippen LogP contribution in [0.25, 0.3) is 0 Å². The van der Waals surface area contributed by atoms with E-state index < -0.39 is 12.1 Å². The second-order valence-corrected chi connectivity index (χ2v) is 5.75. The SMILES string of the molecule is C[C@@H](C(=O)N(C)c1nccnc1Cl)N(C)C(=O)OCc1ccccc1. The minimum absolute atomic E-state index is 0.111. The number of amides is 2. The number of benzene rings is 1. The Labute approximate surface area is 151 Å². The zero-order chi connectivity index (χ0) is 18.4. The number of anilines is 1. The fraction of sp³-hybridized carbons (Fsp3) is 0.294. The van der Waals surface area contributed by atoms with E-state index in [9.17, 15) is 9.59 Å². The van der Waals surface area contributed by atoms with E-state index in [-0.39, 0.29) is 23.5 Å². The molecule has 0 saturated heterocycles. The van der Waals surface area contributed by atoms with E-state index in [0.717, 1.165) is 5.56 Å². The predicted molar refractivity (Wildman–Crippen MR) is 94.3 cm³/mol. The van der Waals surface area contributed by atoms with Gasteiger partial charge in [-0.05, 0) is 12.5 Å². The molecule has 0 aliphatic carbocycles. The van der Waals surface area contributed by atoms with E-state index >= 15 is 0 Å². The molecule has 2 aromatic rings. The van der Waals surface area contributed by atoms with Crippen LogP contribution < -0.4 is 4.90 Å². The first-order valence-electron chi connectivity index (χ1n) is 7.59. The van der Waals surface area contributed by atoms with Gasteiger partial charge in [0.15, 0.2) is 11.0 Å². The summed E-state index contributed by atoms with van der Waals surface area (Å²) in [6.45, 7) is 1.74. The van der Waals surface area contributed by atoms with Gasteiger partial charge in [0.25, 0.3) is 5.91 Å². The van der Waals surface area contributed by atoms with Crippen LogP contribution >= 0.6 is 11.6 Å². The molecule has 132 valence electrons. The van der Waals surface area contributed by atoms with Gasteiger partial charge >= 0.3 is 6.09 Å². The highest BCUT2D eigenvalue weighted by molar-refractivity contribution is 6.32. The van der Waals surface area contributed by atoms with Gasteiger partial charge in [0.05, 0.1) is 0 Å². The third kappa shape index (κ3) is 4.67. The number of ether oxygens (including phenoxy) is 1. The maximum Gasteiger partial charge on any atom is 0.410 e. The topological polar surface area (TPSA) is 75.6 Å². The minimum atomic E-state index is -0.758. The number of aromatic nitrogens is 2. The lowest BCUT2D eigenvalue weighted by molar-refractivity contribution is -0.122. The molecular weight excluding hydrogens is 344 g/mol. The van der Waals surface area contributed by atoms with Gasteiger partial charge in [0.1, 0.15) is 12.6 Å². The summed E-state index contributed by atoms with van der Waals surface area (Å²) in [5, 5.41) is 0.111. The lowest BCUT2D eigenvalue weighted by atomic mass is 10.2. The lowest BCUT2D eigenvalue weighted by Gasteiger charge is -2.27. The zero-order valence-electron chi connectivity index (χ0n) is 14.2. The molecular formula is C17H19ClN4O3. The summed E-state index contributed by atoms with van der Waals surface area (Å²) >= 11 is 5.95. The van der Waals surface area contributed by atoms with E-state index in [1.807, 2.05) is 30.3 Å². The third-order valence-corrected chi connectivity index (χ3v) is 3.98. The Morgan fingerprint density at radius 3 is 2.44 bits per heavy atom. The van der Waals surface area contributed by atoms with Crippen LogP contribution in [-0.2, 0) is 16.1 Å². The van der Waals surface area contributed by atoms with Crippen molar-refractivity contribution in [2.75, 3.05) is 19.0 Å². The minimum Gasteiger partial charge on any atom is -0.445 e. The van der Waals surface area contributed by atoms with Crippen LogP contribution in [0.2, 0.25) is 5.15 Å². The van der Waals surface area contributed by atoms with Gasteiger partial charge in [-0.2, -0.15) is 0 Å². The van der Waals surface area contributed by atoms with Crippen molar-refractivity contribution in [3.8, 4) is 0 Å². The van der Waals surface area contributed by atoms with E-state index in [2.05, 4.69) is 9.97 Å². The van der Waals surface area contributed by atoms with Gasteiger partial charge in [-0.25, -0.2) is 14.8 Å². The highest BCUT2D eigenvalue weighted by Gasteiger charge is 2.28. The van der Waals surface area contributed by atoms with Gasteiger partial charge in [-0.1, -0.05) is 41.9 Å². The molecule has 0 aliphatic rings. The first-order valence-corrected chi connectivity index (χ1v) is 7.97. The smallest absolute Gasteiger partial charge is 0.410 e. The Balaban J connectivity index is 1.98. The zero-order valence-corrected chi connectivity index (χ0v) is 15.0. The quantitative estimate of drug-likeness (QED) is 0.817. The Kier molecular flexibility index (Phi) is 6.30. The van der Waals surface area contributed by atoms with Gasteiger partial charge in [0.2, 0.25) is 0 Å². The summed E-state index contributed by atoms with van der Waals surface area (Å²) in [6.07, 6.45) is 2.28. The summed E-state index contributed by atoms with van der Waals surface area (Å²) in [5.41, 5.74) is 0.867. The van der Waals surface area contributed by atoms with Gasteiger partial charge < -0.3 is 4.74 Å². The molecule has 2 rings (SSSR count). The van der Waals surface area contributed by atoms with Crippen molar-refractivity contribution in [3.63, 3.8) is 0 Å². The Hall–Kier alpha value is -2.67. The van der Waals surface area contributed by atoms with Crippen LogP contribution in [0.1, 0.15) is 12.5 Å². The van der Waals surface area contributed by atoms with E-state index in [1.165, 1.54) is 36.3 Å². The predicted octanol–water partition coefficient (Wildman–Crippen LogP) is 2.75. The molecule has 0 radical (unpaired) electrons. The molecule has 7 nitrogen and oxygen atoms in total. The van der Waals surface area contributed by atoms with Crippen molar-refractivity contribution >= 4 is 29.4 Å². The maximum absolute atomic E-state index is 12.6. The van der Waals surface area contributed by atoms with Crippen LogP contribution in [0.5, 0.6) is 0 Å². The normalized spacial score (nSPS) is 11.5. The van der Waals surface area contributed by atoms with Gasteiger partial charge in [-0.3, -0.25) is 14.6 Å². The second-order valence-electron chi connectivity index (χ2n) is 5.40. The summed E-state index contributed by atoms with van der Waals surface area (Å²) in [6, 6.07) is 8.55. The van der Waals surface area contributed by atoms with Crippen molar-refractivity contribution in [2.45, 2.75) is 19.6 Å². The van der Waals surface area contributed by atoms with Crippen molar-refractivity contribution < 1.29 is 14.3 Å². The average molecular weight is 363 g/mol. The summed E-state index contributed by atoms with van der Waals surface area (Å²) in [5.74, 6) is -0.131. The van der Waals surface area contributed by atoms with Gasteiger partial charge in [0, 0.05) is 26.5 Å².